The predicted octanol–water partition coefficient (Wildman–Crippen LogP) is 3.87. The minimum atomic E-state index is -0.0589. The summed E-state index contributed by atoms with van der Waals surface area (Å²) in [5.41, 5.74) is 3.25. The second-order valence-electron chi connectivity index (χ2n) is 6.57. The van der Waals surface area contributed by atoms with Gasteiger partial charge >= 0.3 is 0 Å². The molecule has 1 aliphatic heterocycles. The molecular formula is C15H20O. The third-order valence-electron chi connectivity index (χ3n) is 4.63. The molecule has 3 rings (SSSR count). The van der Waals surface area contributed by atoms with Gasteiger partial charge in [0.15, 0.2) is 0 Å². The molecule has 1 saturated carbocycles. The van der Waals surface area contributed by atoms with Gasteiger partial charge in [-0.25, -0.2) is 0 Å². The molecule has 1 spiro atoms. The zero-order valence-corrected chi connectivity index (χ0v) is 10.6. The highest BCUT2D eigenvalue weighted by Crippen LogP contribution is 2.71. The molecule has 1 heterocycles. The Morgan fingerprint density at radius 3 is 2.25 bits per heavy atom. The van der Waals surface area contributed by atoms with E-state index in [1.165, 1.54) is 17.5 Å². The molecule has 0 N–H and O–H groups in total. The molecular weight excluding hydrogens is 196 g/mol. The van der Waals surface area contributed by atoms with Crippen molar-refractivity contribution in [1.82, 2.24) is 0 Å². The lowest BCUT2D eigenvalue weighted by atomic mass is 9.43. The molecule has 1 nitrogen and oxygen atoms in total. The lowest BCUT2D eigenvalue weighted by molar-refractivity contribution is -0.277. The number of fused-ring (bicyclic) bond motifs is 2. The van der Waals surface area contributed by atoms with Gasteiger partial charge in [-0.2, -0.15) is 0 Å². The third kappa shape index (κ3) is 0.917. The Bertz CT molecular complexity index is 429. The van der Waals surface area contributed by atoms with E-state index in [9.17, 15) is 0 Å². The second-order valence-corrected chi connectivity index (χ2v) is 6.57. The van der Waals surface area contributed by atoms with Crippen molar-refractivity contribution in [3.05, 3.63) is 35.4 Å². The summed E-state index contributed by atoms with van der Waals surface area (Å²) in [5.74, 6) is 0. The quantitative estimate of drug-likeness (QED) is 0.639. The summed E-state index contributed by atoms with van der Waals surface area (Å²) in [6.07, 6.45) is 1.23. The van der Waals surface area contributed by atoms with Gasteiger partial charge < -0.3 is 4.74 Å². The van der Waals surface area contributed by atoms with Crippen LogP contribution in [0, 0.1) is 10.8 Å². The molecule has 0 saturated heterocycles. The smallest absolute Gasteiger partial charge is 0.104 e. The van der Waals surface area contributed by atoms with Crippen molar-refractivity contribution in [2.75, 3.05) is 0 Å². The van der Waals surface area contributed by atoms with E-state index in [-0.39, 0.29) is 16.4 Å². The molecule has 16 heavy (non-hydrogen) atoms. The number of benzene rings is 1. The maximum atomic E-state index is 6.28. The molecule has 86 valence electrons. The zero-order chi connectivity index (χ0) is 11.6. The van der Waals surface area contributed by atoms with Crippen molar-refractivity contribution in [2.45, 2.75) is 46.3 Å². The van der Waals surface area contributed by atoms with Gasteiger partial charge in [0.05, 0.1) is 6.61 Å². The second kappa shape index (κ2) is 2.70. The van der Waals surface area contributed by atoms with Gasteiger partial charge in [-0.3, -0.25) is 0 Å². The summed E-state index contributed by atoms with van der Waals surface area (Å²) in [6.45, 7) is 10.1. The normalized spacial score (nSPS) is 27.5. The molecule has 1 aromatic rings. The lowest BCUT2D eigenvalue weighted by Gasteiger charge is -2.65. The average molecular weight is 216 g/mol. The van der Waals surface area contributed by atoms with Crippen LogP contribution >= 0.6 is 0 Å². The van der Waals surface area contributed by atoms with Gasteiger partial charge in [0.2, 0.25) is 0 Å². The van der Waals surface area contributed by atoms with Crippen LogP contribution < -0.4 is 0 Å². The summed E-state index contributed by atoms with van der Waals surface area (Å²) in [4.78, 5) is 0. The van der Waals surface area contributed by atoms with E-state index in [4.69, 9.17) is 4.74 Å². The SMILES string of the molecule is CC1(C)CC(C)(C)C12OCc1ccccc12. The fraction of sp³-hybridized carbons (Fsp3) is 0.600. The Morgan fingerprint density at radius 2 is 1.62 bits per heavy atom. The van der Waals surface area contributed by atoms with Crippen molar-refractivity contribution < 1.29 is 4.74 Å². The molecule has 0 amide bonds. The van der Waals surface area contributed by atoms with Crippen LogP contribution in [0.3, 0.4) is 0 Å². The Balaban J connectivity index is 2.21. The van der Waals surface area contributed by atoms with Crippen LogP contribution in [0.1, 0.15) is 45.2 Å². The number of hydrogen-bond donors (Lipinski definition) is 0. The van der Waals surface area contributed by atoms with E-state index < -0.39 is 0 Å². The lowest BCUT2D eigenvalue weighted by Crippen LogP contribution is -2.63. The monoisotopic (exact) mass is 216 g/mol. The number of rotatable bonds is 0. The molecule has 1 heteroatoms. The Morgan fingerprint density at radius 1 is 1.00 bits per heavy atom. The molecule has 2 aliphatic rings. The Hall–Kier alpha value is -0.820. The van der Waals surface area contributed by atoms with Crippen LogP contribution in [-0.4, -0.2) is 0 Å². The molecule has 0 unspecified atom stereocenters. The highest BCUT2D eigenvalue weighted by molar-refractivity contribution is 5.42. The summed E-state index contributed by atoms with van der Waals surface area (Å²) >= 11 is 0. The molecule has 0 bridgehead atoms. The van der Waals surface area contributed by atoms with Crippen molar-refractivity contribution >= 4 is 0 Å². The van der Waals surface area contributed by atoms with Gasteiger partial charge in [-0.05, 0) is 28.4 Å². The topological polar surface area (TPSA) is 9.23 Å². The Labute approximate surface area is 97.8 Å². The van der Waals surface area contributed by atoms with Crippen LogP contribution in [0.4, 0.5) is 0 Å². The van der Waals surface area contributed by atoms with Crippen molar-refractivity contribution in [3.8, 4) is 0 Å². The first kappa shape index (κ1) is 10.3. The Kier molecular flexibility index (Phi) is 1.75. The molecule has 0 radical (unpaired) electrons. The van der Waals surface area contributed by atoms with Gasteiger partial charge in [0.25, 0.3) is 0 Å². The third-order valence-corrected chi connectivity index (χ3v) is 4.63. The van der Waals surface area contributed by atoms with Crippen LogP contribution in [-0.2, 0) is 16.9 Å². The molecule has 1 aromatic carbocycles. The molecule has 1 fully saturated rings. The average Bonchev–Trinajstić information content (AvgIpc) is 2.57. The van der Waals surface area contributed by atoms with E-state index in [1.807, 2.05) is 0 Å². The van der Waals surface area contributed by atoms with Crippen LogP contribution in [0.15, 0.2) is 24.3 Å². The highest BCUT2D eigenvalue weighted by atomic mass is 16.5. The minimum Gasteiger partial charge on any atom is -0.364 e. The molecule has 1 aliphatic carbocycles. The summed E-state index contributed by atoms with van der Waals surface area (Å²) in [6, 6.07) is 8.71. The highest BCUT2D eigenvalue weighted by Gasteiger charge is 2.69. The van der Waals surface area contributed by atoms with E-state index >= 15 is 0 Å². The number of hydrogen-bond acceptors (Lipinski definition) is 1. The van der Waals surface area contributed by atoms with Crippen LogP contribution in [0.5, 0.6) is 0 Å². The minimum absolute atomic E-state index is 0.0589. The van der Waals surface area contributed by atoms with Crippen molar-refractivity contribution in [1.29, 1.82) is 0 Å². The van der Waals surface area contributed by atoms with Crippen molar-refractivity contribution in [3.63, 3.8) is 0 Å². The largest absolute Gasteiger partial charge is 0.364 e. The predicted molar refractivity (Wildman–Crippen MR) is 65.1 cm³/mol. The first-order valence-corrected chi connectivity index (χ1v) is 6.13. The fourth-order valence-corrected chi connectivity index (χ4v) is 4.54. The fourth-order valence-electron chi connectivity index (χ4n) is 4.54. The van der Waals surface area contributed by atoms with E-state index in [2.05, 4.69) is 52.0 Å². The van der Waals surface area contributed by atoms with Gasteiger partial charge in [-0.15, -0.1) is 0 Å². The van der Waals surface area contributed by atoms with Gasteiger partial charge in [-0.1, -0.05) is 52.0 Å². The summed E-state index contributed by atoms with van der Waals surface area (Å²) < 4.78 is 6.28. The zero-order valence-electron chi connectivity index (χ0n) is 10.6. The van der Waals surface area contributed by atoms with E-state index in [0.29, 0.717) is 0 Å². The maximum Gasteiger partial charge on any atom is 0.104 e. The first-order chi connectivity index (χ1) is 7.41. The summed E-state index contributed by atoms with van der Waals surface area (Å²) in [5, 5.41) is 0. The van der Waals surface area contributed by atoms with Crippen LogP contribution in [0.2, 0.25) is 0 Å². The molecule has 0 atom stereocenters. The van der Waals surface area contributed by atoms with Gasteiger partial charge in [0.1, 0.15) is 5.60 Å². The summed E-state index contributed by atoms with van der Waals surface area (Å²) in [7, 11) is 0. The maximum absolute atomic E-state index is 6.28. The van der Waals surface area contributed by atoms with Crippen molar-refractivity contribution in [2.24, 2.45) is 10.8 Å². The van der Waals surface area contributed by atoms with Crippen LogP contribution in [0.25, 0.3) is 0 Å². The van der Waals surface area contributed by atoms with E-state index in [0.717, 1.165) is 6.61 Å². The van der Waals surface area contributed by atoms with E-state index in [1.54, 1.807) is 0 Å². The first-order valence-electron chi connectivity index (χ1n) is 6.13. The van der Waals surface area contributed by atoms with Gasteiger partial charge in [0, 0.05) is 0 Å². The standard InChI is InChI=1S/C15H20O/c1-13(2)10-14(3,4)15(13)12-8-6-5-7-11(12)9-16-15/h5-8H,9-10H2,1-4H3. The number of ether oxygens (including phenoxy) is 1. The molecule has 0 aromatic heterocycles.